The van der Waals surface area contributed by atoms with Crippen molar-refractivity contribution in [1.82, 2.24) is 10.6 Å². The van der Waals surface area contributed by atoms with E-state index < -0.39 is 42.4 Å². The normalized spacial score (nSPS) is 19.6. The Kier molecular flexibility index (Phi) is 6.81. The maximum Gasteiger partial charge on any atom is 0.407 e. The predicted molar refractivity (Wildman–Crippen MR) is 120 cm³/mol. The van der Waals surface area contributed by atoms with Gasteiger partial charge in [0.1, 0.15) is 6.61 Å². The molecule has 2 aromatic carbocycles. The average Bonchev–Trinajstić information content (AvgIpc) is 3.15. The summed E-state index contributed by atoms with van der Waals surface area (Å²) in [6.07, 6.45) is 0.902. The van der Waals surface area contributed by atoms with Gasteiger partial charge in [0.25, 0.3) is 5.91 Å². The summed E-state index contributed by atoms with van der Waals surface area (Å²) in [4.78, 5) is 35.6. The molecule has 0 radical (unpaired) electrons. The van der Waals surface area contributed by atoms with Gasteiger partial charge in [-0.05, 0) is 35.1 Å². The second kappa shape index (κ2) is 9.79. The number of carbonyl (C=O) groups excluding carboxylic acids is 2. The Bertz CT molecular complexity index is 1040. The molecule has 0 bridgehead atoms. The number of carboxylic acids is 1. The molecule has 2 amide bonds. The quantitative estimate of drug-likeness (QED) is 0.567. The van der Waals surface area contributed by atoms with Crippen LogP contribution in [0.4, 0.5) is 13.6 Å². The summed E-state index contributed by atoms with van der Waals surface area (Å²) in [5.74, 6) is -7.76. The van der Waals surface area contributed by atoms with Crippen LogP contribution in [0, 0.1) is 5.92 Å². The molecule has 0 heterocycles. The Balaban J connectivity index is 1.31. The second-order valence-corrected chi connectivity index (χ2v) is 8.69. The highest BCUT2D eigenvalue weighted by Gasteiger charge is 2.42. The Morgan fingerprint density at radius 1 is 0.971 bits per heavy atom. The second-order valence-electron chi connectivity index (χ2n) is 8.69. The molecule has 7 nitrogen and oxygen atoms in total. The molecular formula is C25H26F2N2O5. The van der Waals surface area contributed by atoms with E-state index in [1.165, 1.54) is 0 Å². The summed E-state index contributed by atoms with van der Waals surface area (Å²) in [7, 11) is 0. The zero-order chi connectivity index (χ0) is 24.3. The largest absolute Gasteiger partial charge is 0.481 e. The van der Waals surface area contributed by atoms with Crippen LogP contribution in [0.15, 0.2) is 48.5 Å². The van der Waals surface area contributed by atoms with Crippen LogP contribution < -0.4 is 10.6 Å². The first-order valence-corrected chi connectivity index (χ1v) is 11.3. The molecule has 180 valence electrons. The smallest absolute Gasteiger partial charge is 0.407 e. The summed E-state index contributed by atoms with van der Waals surface area (Å²) in [6.45, 7) is -1.29. The van der Waals surface area contributed by atoms with Crippen LogP contribution in [0.2, 0.25) is 0 Å². The highest BCUT2D eigenvalue weighted by atomic mass is 19.3. The standard InChI is InChI=1S/C25H26F2N2O5/c26-25(27,23(32)29-21-12-6-5-11-19(21)22(30)31)14-28-24(33)34-13-20-17-9-3-1-7-15(17)16-8-2-4-10-18(16)20/h1-4,7-10,19-21H,5-6,11-14H2,(H,28,33)(H,29,32)(H,30,31)/t19-,21+/m0/s1. The average molecular weight is 472 g/mol. The number of nitrogens with one attached hydrogen (secondary N) is 2. The minimum Gasteiger partial charge on any atom is -0.481 e. The van der Waals surface area contributed by atoms with Crippen LogP contribution in [0.5, 0.6) is 0 Å². The Labute approximate surface area is 195 Å². The number of aliphatic carboxylic acids is 1. The topological polar surface area (TPSA) is 105 Å². The van der Waals surface area contributed by atoms with Gasteiger partial charge in [-0.25, -0.2) is 4.79 Å². The molecule has 2 aliphatic rings. The highest BCUT2D eigenvalue weighted by Crippen LogP contribution is 2.44. The van der Waals surface area contributed by atoms with Crippen LogP contribution in [0.3, 0.4) is 0 Å². The van der Waals surface area contributed by atoms with Gasteiger partial charge in [0.05, 0.1) is 12.5 Å². The number of halogens is 2. The molecule has 2 aromatic rings. The lowest BCUT2D eigenvalue weighted by Gasteiger charge is -2.30. The molecule has 0 spiro atoms. The van der Waals surface area contributed by atoms with Crippen LogP contribution in [-0.2, 0) is 14.3 Å². The van der Waals surface area contributed by atoms with Crippen molar-refractivity contribution in [3.05, 3.63) is 59.7 Å². The molecule has 1 saturated carbocycles. The van der Waals surface area contributed by atoms with Crippen LogP contribution in [-0.4, -0.2) is 48.2 Å². The number of ether oxygens (including phenoxy) is 1. The number of alkyl halides is 2. The molecule has 2 atom stereocenters. The number of carboxylic acid groups (broad SMARTS) is 1. The molecular weight excluding hydrogens is 446 g/mol. The molecule has 9 heteroatoms. The lowest BCUT2D eigenvalue weighted by Crippen LogP contribution is -2.54. The molecule has 0 unspecified atom stereocenters. The summed E-state index contributed by atoms with van der Waals surface area (Å²) < 4.78 is 34.0. The molecule has 1 fully saturated rings. The first-order valence-electron chi connectivity index (χ1n) is 11.3. The summed E-state index contributed by atoms with van der Waals surface area (Å²) in [5, 5.41) is 13.4. The van der Waals surface area contributed by atoms with Crippen molar-refractivity contribution in [3.8, 4) is 11.1 Å². The minimum absolute atomic E-state index is 0.0417. The Hall–Kier alpha value is -3.49. The van der Waals surface area contributed by atoms with Gasteiger partial charge in [0.15, 0.2) is 0 Å². The van der Waals surface area contributed by atoms with Crippen molar-refractivity contribution in [2.24, 2.45) is 5.92 Å². The van der Waals surface area contributed by atoms with E-state index in [2.05, 4.69) is 5.32 Å². The number of carbonyl (C=O) groups is 3. The monoisotopic (exact) mass is 472 g/mol. The first-order chi connectivity index (χ1) is 16.3. The number of hydrogen-bond acceptors (Lipinski definition) is 4. The fourth-order valence-electron chi connectivity index (χ4n) is 4.79. The number of fused-ring (bicyclic) bond motifs is 3. The molecule has 0 aliphatic heterocycles. The van der Waals surface area contributed by atoms with Gasteiger partial charge in [-0.15, -0.1) is 0 Å². The molecule has 34 heavy (non-hydrogen) atoms. The third kappa shape index (κ3) is 4.88. The van der Waals surface area contributed by atoms with Gasteiger partial charge in [-0.1, -0.05) is 61.4 Å². The summed E-state index contributed by atoms with van der Waals surface area (Å²) in [5.41, 5.74) is 4.05. The van der Waals surface area contributed by atoms with Crippen LogP contribution in [0.25, 0.3) is 11.1 Å². The fraction of sp³-hybridized carbons (Fsp3) is 0.400. The van der Waals surface area contributed by atoms with E-state index in [0.29, 0.717) is 25.7 Å². The van der Waals surface area contributed by atoms with Gasteiger partial charge >= 0.3 is 18.0 Å². The molecule has 3 N–H and O–H groups in total. The number of rotatable bonds is 7. The lowest BCUT2D eigenvalue weighted by atomic mass is 9.84. The minimum atomic E-state index is -3.91. The van der Waals surface area contributed by atoms with Crippen molar-refractivity contribution in [1.29, 1.82) is 0 Å². The lowest BCUT2D eigenvalue weighted by molar-refractivity contribution is -0.149. The number of hydrogen-bond donors (Lipinski definition) is 3. The zero-order valence-corrected chi connectivity index (χ0v) is 18.4. The van der Waals surface area contributed by atoms with E-state index in [-0.39, 0.29) is 12.5 Å². The van der Waals surface area contributed by atoms with E-state index >= 15 is 0 Å². The third-order valence-electron chi connectivity index (χ3n) is 6.53. The predicted octanol–water partition coefficient (Wildman–Crippen LogP) is 3.92. The van der Waals surface area contributed by atoms with Crippen molar-refractivity contribution in [2.45, 2.75) is 43.6 Å². The number of amides is 2. The van der Waals surface area contributed by atoms with E-state index in [0.717, 1.165) is 22.3 Å². The van der Waals surface area contributed by atoms with Gasteiger partial charge in [-0.2, -0.15) is 8.78 Å². The Morgan fingerprint density at radius 3 is 2.18 bits per heavy atom. The maximum absolute atomic E-state index is 14.4. The fourth-order valence-corrected chi connectivity index (χ4v) is 4.79. The van der Waals surface area contributed by atoms with Crippen LogP contribution >= 0.6 is 0 Å². The van der Waals surface area contributed by atoms with Crippen molar-refractivity contribution >= 4 is 18.0 Å². The van der Waals surface area contributed by atoms with Crippen molar-refractivity contribution < 1.29 is 33.0 Å². The number of benzene rings is 2. The Morgan fingerprint density at radius 2 is 1.56 bits per heavy atom. The zero-order valence-electron chi connectivity index (χ0n) is 18.4. The highest BCUT2D eigenvalue weighted by molar-refractivity contribution is 5.85. The van der Waals surface area contributed by atoms with Gasteiger partial charge in [0, 0.05) is 12.0 Å². The molecule has 0 saturated heterocycles. The van der Waals surface area contributed by atoms with Crippen LogP contribution in [0.1, 0.15) is 42.7 Å². The van der Waals surface area contributed by atoms with E-state index in [1.54, 1.807) is 0 Å². The van der Waals surface area contributed by atoms with E-state index in [9.17, 15) is 28.3 Å². The van der Waals surface area contributed by atoms with Gasteiger partial charge < -0.3 is 20.5 Å². The molecule has 2 aliphatic carbocycles. The molecule has 4 rings (SSSR count). The summed E-state index contributed by atoms with van der Waals surface area (Å²) >= 11 is 0. The van der Waals surface area contributed by atoms with E-state index in [4.69, 9.17) is 4.74 Å². The third-order valence-corrected chi connectivity index (χ3v) is 6.53. The van der Waals surface area contributed by atoms with Crippen molar-refractivity contribution in [2.75, 3.05) is 13.2 Å². The van der Waals surface area contributed by atoms with Gasteiger partial charge in [-0.3, -0.25) is 9.59 Å². The first kappa shape index (κ1) is 23.7. The molecule has 0 aromatic heterocycles. The van der Waals surface area contributed by atoms with E-state index in [1.807, 2.05) is 53.8 Å². The summed E-state index contributed by atoms with van der Waals surface area (Å²) in [6, 6.07) is 14.6. The SMILES string of the molecule is O=C(NCC(F)(F)C(=O)N[C@@H]1CCCC[C@@H]1C(=O)O)OCC1c2ccccc2-c2ccccc21. The number of alkyl carbamates (subject to hydrolysis) is 1. The van der Waals surface area contributed by atoms with Gasteiger partial charge in [0.2, 0.25) is 0 Å². The maximum atomic E-state index is 14.4. The van der Waals surface area contributed by atoms with Crippen molar-refractivity contribution in [3.63, 3.8) is 0 Å².